The molecule has 0 aliphatic rings. The number of halogens is 4. The molecule has 3 nitrogen and oxygen atoms in total. The molecule has 1 aromatic heterocycles. The summed E-state index contributed by atoms with van der Waals surface area (Å²) >= 11 is 11.7. The highest BCUT2D eigenvalue weighted by Crippen LogP contribution is 2.25. The fourth-order valence-electron chi connectivity index (χ4n) is 2.45. The Hall–Kier alpha value is -2.24. The van der Waals surface area contributed by atoms with Crippen molar-refractivity contribution in [3.8, 4) is 0 Å². The summed E-state index contributed by atoms with van der Waals surface area (Å²) in [6.45, 7) is -0.114. The molecule has 0 radical (unpaired) electrons. The molecule has 25 heavy (non-hydrogen) atoms. The molecule has 3 aromatic rings. The van der Waals surface area contributed by atoms with Crippen LogP contribution in [0.3, 0.4) is 0 Å². The van der Waals surface area contributed by atoms with Crippen molar-refractivity contribution in [2.24, 2.45) is 0 Å². The van der Waals surface area contributed by atoms with Crippen LogP contribution in [0.2, 0.25) is 5.02 Å². The highest BCUT2D eigenvalue weighted by molar-refractivity contribution is 6.31. The number of nitrogens with zero attached hydrogens (tertiary/aromatic N) is 2. The third kappa shape index (κ3) is 3.72. The standard InChI is InChI=1S/C18H12Cl2F2N2O/c19-9-18(25)24(10-13-14(20)2-1-3-15(13)22)17-7-4-11-8-12(21)5-6-16(11)23-17/h1-8H,9-10H2. The number of fused-ring (bicyclic) bond motifs is 1. The second kappa shape index (κ2) is 7.33. The lowest BCUT2D eigenvalue weighted by Gasteiger charge is -2.22. The summed E-state index contributed by atoms with van der Waals surface area (Å²) in [7, 11) is 0. The van der Waals surface area contributed by atoms with E-state index in [1.807, 2.05) is 0 Å². The predicted octanol–water partition coefficient (Wildman–Crippen LogP) is 4.94. The van der Waals surface area contributed by atoms with Crippen LogP contribution in [0.25, 0.3) is 10.9 Å². The number of benzene rings is 2. The number of pyridine rings is 1. The Balaban J connectivity index is 2.04. The van der Waals surface area contributed by atoms with Crippen molar-refractivity contribution in [2.45, 2.75) is 6.54 Å². The van der Waals surface area contributed by atoms with Gasteiger partial charge in [0.25, 0.3) is 0 Å². The van der Waals surface area contributed by atoms with Gasteiger partial charge in [0.1, 0.15) is 23.3 Å². The van der Waals surface area contributed by atoms with Gasteiger partial charge < -0.3 is 0 Å². The van der Waals surface area contributed by atoms with Gasteiger partial charge in [0, 0.05) is 16.0 Å². The molecular formula is C18H12Cl2F2N2O. The molecule has 128 valence electrons. The van der Waals surface area contributed by atoms with Crippen LogP contribution in [-0.4, -0.2) is 16.8 Å². The first kappa shape index (κ1) is 17.6. The summed E-state index contributed by atoms with van der Waals surface area (Å²) in [5.74, 6) is -1.37. The number of carbonyl (C=O) groups excluding carboxylic acids is 1. The van der Waals surface area contributed by atoms with E-state index in [1.165, 1.54) is 35.2 Å². The molecule has 0 aliphatic carbocycles. The molecule has 0 unspecified atom stereocenters. The van der Waals surface area contributed by atoms with E-state index in [1.54, 1.807) is 18.2 Å². The quantitative estimate of drug-likeness (QED) is 0.600. The van der Waals surface area contributed by atoms with Crippen molar-refractivity contribution in [3.05, 3.63) is 70.8 Å². The van der Waals surface area contributed by atoms with Gasteiger partial charge in [-0.15, -0.1) is 11.6 Å². The van der Waals surface area contributed by atoms with E-state index in [2.05, 4.69) is 4.98 Å². The van der Waals surface area contributed by atoms with Crippen LogP contribution in [0.5, 0.6) is 0 Å². The van der Waals surface area contributed by atoms with Crippen LogP contribution in [-0.2, 0) is 11.3 Å². The number of hydrogen-bond donors (Lipinski definition) is 0. The number of rotatable bonds is 4. The second-order valence-electron chi connectivity index (χ2n) is 5.32. The van der Waals surface area contributed by atoms with Crippen molar-refractivity contribution in [2.75, 3.05) is 10.8 Å². The normalized spacial score (nSPS) is 10.9. The van der Waals surface area contributed by atoms with Crippen molar-refractivity contribution in [1.82, 2.24) is 4.98 Å². The van der Waals surface area contributed by atoms with E-state index in [0.717, 1.165) is 0 Å². The van der Waals surface area contributed by atoms with Gasteiger partial charge in [-0.25, -0.2) is 13.8 Å². The Labute approximate surface area is 152 Å². The van der Waals surface area contributed by atoms with Crippen molar-refractivity contribution < 1.29 is 13.6 Å². The lowest BCUT2D eigenvalue weighted by atomic mass is 10.1. The number of carbonyl (C=O) groups is 1. The lowest BCUT2D eigenvalue weighted by Crippen LogP contribution is -2.32. The molecule has 0 saturated heterocycles. The van der Waals surface area contributed by atoms with E-state index < -0.39 is 11.7 Å². The van der Waals surface area contributed by atoms with Gasteiger partial charge in [-0.1, -0.05) is 17.7 Å². The summed E-state index contributed by atoms with van der Waals surface area (Å²) < 4.78 is 27.4. The molecule has 0 saturated carbocycles. The Morgan fingerprint density at radius 2 is 1.92 bits per heavy atom. The number of alkyl halides is 1. The topological polar surface area (TPSA) is 33.2 Å². The monoisotopic (exact) mass is 380 g/mol. The minimum Gasteiger partial charge on any atom is -0.291 e. The third-order valence-corrected chi connectivity index (χ3v) is 4.29. The van der Waals surface area contributed by atoms with Crippen LogP contribution in [0.1, 0.15) is 5.56 Å². The summed E-state index contributed by atoms with van der Waals surface area (Å²) in [6.07, 6.45) is 0. The fraction of sp³-hybridized carbons (Fsp3) is 0.111. The molecule has 7 heteroatoms. The Morgan fingerprint density at radius 1 is 1.12 bits per heavy atom. The fourth-order valence-corrected chi connectivity index (χ4v) is 2.81. The van der Waals surface area contributed by atoms with Gasteiger partial charge in [-0.2, -0.15) is 0 Å². The molecule has 0 bridgehead atoms. The largest absolute Gasteiger partial charge is 0.291 e. The smallest absolute Gasteiger partial charge is 0.243 e. The Kier molecular flexibility index (Phi) is 5.16. The summed E-state index contributed by atoms with van der Waals surface area (Å²) in [4.78, 5) is 17.9. The maximum atomic E-state index is 14.1. The van der Waals surface area contributed by atoms with Gasteiger partial charge in [0.05, 0.1) is 12.1 Å². The summed E-state index contributed by atoms with van der Waals surface area (Å²) in [5, 5.41) is 0.793. The Bertz CT molecular complexity index is 929. The summed E-state index contributed by atoms with van der Waals surface area (Å²) in [5.41, 5.74) is 0.675. The highest BCUT2D eigenvalue weighted by atomic mass is 35.5. The molecule has 2 aromatic carbocycles. The van der Waals surface area contributed by atoms with Crippen molar-refractivity contribution in [3.63, 3.8) is 0 Å². The zero-order valence-corrected chi connectivity index (χ0v) is 14.4. The first-order valence-corrected chi connectivity index (χ1v) is 8.26. The van der Waals surface area contributed by atoms with Crippen LogP contribution < -0.4 is 4.90 Å². The average Bonchev–Trinajstić information content (AvgIpc) is 2.60. The zero-order chi connectivity index (χ0) is 18.0. The molecule has 0 spiro atoms. The lowest BCUT2D eigenvalue weighted by molar-refractivity contribution is -0.116. The first-order chi connectivity index (χ1) is 12.0. The zero-order valence-electron chi connectivity index (χ0n) is 12.8. The molecule has 1 heterocycles. The molecule has 0 atom stereocenters. The number of aromatic nitrogens is 1. The number of hydrogen-bond acceptors (Lipinski definition) is 2. The van der Waals surface area contributed by atoms with E-state index in [4.69, 9.17) is 23.2 Å². The van der Waals surface area contributed by atoms with E-state index in [9.17, 15) is 13.6 Å². The van der Waals surface area contributed by atoms with Gasteiger partial charge >= 0.3 is 0 Å². The third-order valence-electron chi connectivity index (χ3n) is 3.71. The highest BCUT2D eigenvalue weighted by Gasteiger charge is 2.20. The maximum Gasteiger partial charge on any atom is 0.243 e. The van der Waals surface area contributed by atoms with Gasteiger partial charge in [0.15, 0.2) is 0 Å². The van der Waals surface area contributed by atoms with Crippen molar-refractivity contribution in [1.29, 1.82) is 0 Å². The van der Waals surface area contributed by atoms with Gasteiger partial charge in [-0.3, -0.25) is 9.69 Å². The second-order valence-corrected chi connectivity index (χ2v) is 5.99. The van der Waals surface area contributed by atoms with E-state index >= 15 is 0 Å². The molecule has 3 rings (SSSR count). The maximum absolute atomic E-state index is 14.1. The summed E-state index contributed by atoms with van der Waals surface area (Å²) in [6, 6.07) is 11.6. The number of anilines is 1. The predicted molar refractivity (Wildman–Crippen MR) is 95.0 cm³/mol. The minimum atomic E-state index is -0.525. The van der Waals surface area contributed by atoms with Crippen LogP contribution in [0.4, 0.5) is 14.6 Å². The molecule has 0 aliphatic heterocycles. The van der Waals surface area contributed by atoms with Crippen molar-refractivity contribution >= 4 is 45.8 Å². The average molecular weight is 381 g/mol. The Morgan fingerprint density at radius 3 is 2.64 bits per heavy atom. The SMILES string of the molecule is O=C(CCl)N(Cc1c(F)cccc1Cl)c1ccc2cc(F)ccc2n1. The van der Waals surface area contributed by atoms with Crippen LogP contribution >= 0.6 is 23.2 Å². The number of amides is 1. The van der Waals surface area contributed by atoms with Gasteiger partial charge in [-0.05, 0) is 42.5 Å². The molecular weight excluding hydrogens is 369 g/mol. The molecule has 1 amide bonds. The first-order valence-electron chi connectivity index (χ1n) is 7.35. The van der Waals surface area contributed by atoms with E-state index in [-0.39, 0.29) is 34.6 Å². The molecule has 0 fully saturated rings. The van der Waals surface area contributed by atoms with Gasteiger partial charge in [0.2, 0.25) is 5.91 Å². The minimum absolute atomic E-state index is 0.114. The van der Waals surface area contributed by atoms with Crippen LogP contribution in [0, 0.1) is 11.6 Å². The van der Waals surface area contributed by atoms with Crippen LogP contribution in [0.15, 0.2) is 48.5 Å². The van der Waals surface area contributed by atoms with E-state index in [0.29, 0.717) is 10.9 Å². The molecule has 0 N–H and O–H groups in total.